The first-order chi connectivity index (χ1) is 6.27. The standard InChI is InChI=1S/C6H6.C4H9NO2/c1-2-4-6-5-3-1;5-3-1-2-4(6)7/h1-6H;1-3,5H2,(H,6,7). The summed E-state index contributed by atoms with van der Waals surface area (Å²) in [5.74, 6) is -0.773. The van der Waals surface area contributed by atoms with Crippen molar-refractivity contribution in [2.24, 2.45) is 5.73 Å². The molecule has 3 N–H and O–H groups in total. The second-order valence-electron chi connectivity index (χ2n) is 2.44. The summed E-state index contributed by atoms with van der Waals surface area (Å²) in [6, 6.07) is 12.0. The van der Waals surface area contributed by atoms with Crippen LogP contribution in [0.1, 0.15) is 12.8 Å². The Morgan fingerprint density at radius 2 is 1.46 bits per heavy atom. The van der Waals surface area contributed by atoms with Gasteiger partial charge in [0.2, 0.25) is 0 Å². The molecule has 0 bridgehead atoms. The number of hydrogen-bond acceptors (Lipinski definition) is 2. The predicted octanol–water partition coefficient (Wildman–Crippen LogP) is 1.50. The van der Waals surface area contributed by atoms with Gasteiger partial charge in [-0.1, -0.05) is 36.4 Å². The minimum atomic E-state index is -0.773. The average molecular weight is 181 g/mol. The zero-order valence-corrected chi connectivity index (χ0v) is 7.52. The van der Waals surface area contributed by atoms with E-state index in [2.05, 4.69) is 0 Å². The number of nitrogens with two attached hydrogens (primary N) is 1. The van der Waals surface area contributed by atoms with Gasteiger partial charge in [0.1, 0.15) is 0 Å². The highest BCUT2D eigenvalue weighted by Gasteiger charge is 1.91. The summed E-state index contributed by atoms with van der Waals surface area (Å²) >= 11 is 0. The summed E-state index contributed by atoms with van der Waals surface area (Å²) < 4.78 is 0. The van der Waals surface area contributed by atoms with Crippen LogP contribution in [0.3, 0.4) is 0 Å². The van der Waals surface area contributed by atoms with Crippen LogP contribution in [0.5, 0.6) is 0 Å². The molecule has 0 atom stereocenters. The molecule has 0 spiro atoms. The first-order valence-corrected chi connectivity index (χ1v) is 4.19. The van der Waals surface area contributed by atoms with Gasteiger partial charge in [0, 0.05) is 6.42 Å². The van der Waals surface area contributed by atoms with Crippen molar-refractivity contribution in [3.63, 3.8) is 0 Å². The lowest BCUT2D eigenvalue weighted by molar-refractivity contribution is -0.137. The van der Waals surface area contributed by atoms with E-state index < -0.39 is 5.97 Å². The predicted molar refractivity (Wildman–Crippen MR) is 52.4 cm³/mol. The van der Waals surface area contributed by atoms with Crippen molar-refractivity contribution in [3.8, 4) is 0 Å². The van der Waals surface area contributed by atoms with E-state index in [0.717, 1.165) is 0 Å². The molecular weight excluding hydrogens is 166 g/mol. The third-order valence-corrected chi connectivity index (χ3v) is 1.26. The summed E-state index contributed by atoms with van der Waals surface area (Å²) in [4.78, 5) is 9.70. The SMILES string of the molecule is NCCCC(=O)O.c1ccccc1. The van der Waals surface area contributed by atoms with Crippen LogP contribution >= 0.6 is 0 Å². The Morgan fingerprint density at radius 3 is 1.62 bits per heavy atom. The zero-order valence-electron chi connectivity index (χ0n) is 7.52. The molecule has 0 aliphatic heterocycles. The van der Waals surface area contributed by atoms with E-state index >= 15 is 0 Å². The van der Waals surface area contributed by atoms with Gasteiger partial charge < -0.3 is 10.8 Å². The quantitative estimate of drug-likeness (QED) is 0.742. The molecule has 0 aromatic heterocycles. The van der Waals surface area contributed by atoms with Gasteiger partial charge in [-0.25, -0.2) is 0 Å². The number of aliphatic carboxylic acids is 1. The highest BCUT2D eigenvalue weighted by atomic mass is 16.4. The Kier molecular flexibility index (Phi) is 7.84. The van der Waals surface area contributed by atoms with Crippen LogP contribution in [0.25, 0.3) is 0 Å². The van der Waals surface area contributed by atoms with Crippen LogP contribution in [-0.2, 0) is 4.79 Å². The maximum atomic E-state index is 9.70. The Bertz CT molecular complexity index is 185. The summed E-state index contributed by atoms with van der Waals surface area (Å²) in [6.45, 7) is 0.465. The summed E-state index contributed by atoms with van der Waals surface area (Å²) in [7, 11) is 0. The molecule has 1 aromatic rings. The van der Waals surface area contributed by atoms with Crippen molar-refractivity contribution in [1.82, 2.24) is 0 Å². The summed E-state index contributed by atoms with van der Waals surface area (Å²) in [5, 5.41) is 7.99. The van der Waals surface area contributed by atoms with E-state index in [1.54, 1.807) is 0 Å². The molecule has 0 fully saturated rings. The van der Waals surface area contributed by atoms with Crippen LogP contribution in [0.15, 0.2) is 36.4 Å². The van der Waals surface area contributed by atoms with E-state index in [1.165, 1.54) is 0 Å². The molecule has 0 aliphatic rings. The molecule has 0 unspecified atom stereocenters. The molecule has 0 amide bonds. The van der Waals surface area contributed by atoms with Crippen molar-refractivity contribution in [2.75, 3.05) is 6.54 Å². The molecule has 13 heavy (non-hydrogen) atoms. The normalized spacial score (nSPS) is 8.38. The summed E-state index contributed by atoms with van der Waals surface area (Å²) in [6.07, 6.45) is 0.770. The van der Waals surface area contributed by atoms with E-state index in [-0.39, 0.29) is 6.42 Å². The van der Waals surface area contributed by atoms with Crippen LogP contribution in [-0.4, -0.2) is 17.6 Å². The highest BCUT2D eigenvalue weighted by molar-refractivity contribution is 5.66. The Morgan fingerprint density at radius 1 is 1.08 bits per heavy atom. The molecule has 72 valence electrons. The molecule has 1 rings (SSSR count). The number of hydrogen-bond donors (Lipinski definition) is 2. The van der Waals surface area contributed by atoms with Crippen molar-refractivity contribution < 1.29 is 9.90 Å². The summed E-state index contributed by atoms with van der Waals surface area (Å²) in [5.41, 5.74) is 5.01. The minimum Gasteiger partial charge on any atom is -0.481 e. The minimum absolute atomic E-state index is 0.191. The zero-order chi connectivity index (χ0) is 9.94. The first-order valence-electron chi connectivity index (χ1n) is 4.19. The number of rotatable bonds is 3. The lowest BCUT2D eigenvalue weighted by atomic mass is 10.3. The van der Waals surface area contributed by atoms with Crippen molar-refractivity contribution in [1.29, 1.82) is 0 Å². The second kappa shape index (κ2) is 8.74. The first kappa shape index (κ1) is 11.6. The van der Waals surface area contributed by atoms with E-state index in [1.807, 2.05) is 36.4 Å². The molecule has 0 heterocycles. The van der Waals surface area contributed by atoms with Crippen LogP contribution in [0.2, 0.25) is 0 Å². The van der Waals surface area contributed by atoms with Gasteiger partial charge in [-0.3, -0.25) is 4.79 Å². The molecule has 0 saturated carbocycles. The number of carbonyl (C=O) groups is 1. The van der Waals surface area contributed by atoms with Gasteiger partial charge in [-0.15, -0.1) is 0 Å². The fraction of sp³-hybridized carbons (Fsp3) is 0.300. The molecule has 3 heteroatoms. The molecule has 0 aliphatic carbocycles. The maximum Gasteiger partial charge on any atom is 0.303 e. The lowest BCUT2D eigenvalue weighted by Gasteiger charge is -1.86. The molecule has 0 radical (unpaired) electrons. The monoisotopic (exact) mass is 181 g/mol. The lowest BCUT2D eigenvalue weighted by Crippen LogP contribution is -2.02. The number of carboxylic acids is 1. The number of benzene rings is 1. The third kappa shape index (κ3) is 10.7. The van der Waals surface area contributed by atoms with E-state index in [4.69, 9.17) is 10.8 Å². The van der Waals surface area contributed by atoms with Gasteiger partial charge in [0.25, 0.3) is 0 Å². The van der Waals surface area contributed by atoms with Crippen molar-refractivity contribution in [2.45, 2.75) is 12.8 Å². The molecular formula is C10H15NO2. The molecule has 0 saturated heterocycles. The fourth-order valence-corrected chi connectivity index (χ4v) is 0.638. The van der Waals surface area contributed by atoms with Gasteiger partial charge in [-0.05, 0) is 13.0 Å². The Hall–Kier alpha value is -1.35. The van der Waals surface area contributed by atoms with Gasteiger partial charge in [-0.2, -0.15) is 0 Å². The largest absolute Gasteiger partial charge is 0.481 e. The Balaban J connectivity index is 0.000000223. The van der Waals surface area contributed by atoms with E-state index in [0.29, 0.717) is 13.0 Å². The van der Waals surface area contributed by atoms with Crippen LogP contribution in [0, 0.1) is 0 Å². The van der Waals surface area contributed by atoms with Crippen molar-refractivity contribution >= 4 is 5.97 Å². The molecule has 1 aromatic carbocycles. The van der Waals surface area contributed by atoms with E-state index in [9.17, 15) is 4.79 Å². The Labute approximate surface area is 78.2 Å². The smallest absolute Gasteiger partial charge is 0.303 e. The second-order valence-corrected chi connectivity index (χ2v) is 2.44. The topological polar surface area (TPSA) is 63.3 Å². The fourth-order valence-electron chi connectivity index (χ4n) is 0.638. The van der Waals surface area contributed by atoms with Crippen LogP contribution < -0.4 is 5.73 Å². The van der Waals surface area contributed by atoms with Gasteiger partial charge in [0.05, 0.1) is 0 Å². The van der Waals surface area contributed by atoms with Gasteiger partial charge >= 0.3 is 5.97 Å². The van der Waals surface area contributed by atoms with Crippen molar-refractivity contribution in [3.05, 3.63) is 36.4 Å². The van der Waals surface area contributed by atoms with Gasteiger partial charge in [0.15, 0.2) is 0 Å². The highest BCUT2D eigenvalue weighted by Crippen LogP contribution is 1.82. The average Bonchev–Trinajstić information content (AvgIpc) is 2.18. The maximum absolute atomic E-state index is 9.70. The number of carboxylic acid groups (broad SMARTS) is 1. The van der Waals surface area contributed by atoms with Crippen LogP contribution in [0.4, 0.5) is 0 Å². The third-order valence-electron chi connectivity index (χ3n) is 1.26. The molecule has 3 nitrogen and oxygen atoms in total.